The van der Waals surface area contributed by atoms with Gasteiger partial charge in [0.1, 0.15) is 17.9 Å². The lowest BCUT2D eigenvalue weighted by Crippen LogP contribution is -2.23. The van der Waals surface area contributed by atoms with Crippen LogP contribution < -0.4 is 10.3 Å². The molecule has 0 aliphatic heterocycles. The van der Waals surface area contributed by atoms with Gasteiger partial charge >= 0.3 is 0 Å². The summed E-state index contributed by atoms with van der Waals surface area (Å²) in [6.07, 6.45) is 9.79. The number of aromatic nitrogens is 4. The first-order chi connectivity index (χ1) is 14.9. The molecule has 3 aromatic heterocycles. The fourth-order valence-corrected chi connectivity index (χ4v) is 4.36. The van der Waals surface area contributed by atoms with E-state index in [0.29, 0.717) is 4.47 Å². The van der Waals surface area contributed by atoms with Gasteiger partial charge in [-0.3, -0.25) is 9.36 Å². The van der Waals surface area contributed by atoms with E-state index in [1.807, 2.05) is 0 Å². The molecule has 0 saturated carbocycles. The molecule has 4 aromatic rings. The minimum absolute atomic E-state index is 0.0736. The molecule has 31 heavy (non-hydrogen) atoms. The summed E-state index contributed by atoms with van der Waals surface area (Å²) in [4.78, 5) is 26.3. The number of pyridine rings is 1. The molecule has 1 aromatic carbocycles. The Balaban J connectivity index is 1.97. The van der Waals surface area contributed by atoms with Crippen molar-refractivity contribution in [2.24, 2.45) is 0 Å². The first-order valence-corrected chi connectivity index (χ1v) is 10.6. The highest BCUT2D eigenvalue weighted by molar-refractivity contribution is 7.15. The molecule has 0 unspecified atom stereocenters. The lowest BCUT2D eigenvalue weighted by atomic mass is 10.0. The summed E-state index contributed by atoms with van der Waals surface area (Å²) in [6, 6.07) is 3.03. The van der Waals surface area contributed by atoms with Crippen LogP contribution in [0.3, 0.4) is 0 Å². The minimum atomic E-state index is -0.613. The predicted octanol–water partition coefficient (Wildman–Crippen LogP) is 4.79. The van der Waals surface area contributed by atoms with Crippen LogP contribution in [0.25, 0.3) is 22.3 Å². The standard InChI is InChI=1S/C20H11Cl3N4O3S/c1-2-7-27-18-15(24-5-6-25-18)16(28)14(19(27)29)13-11(21)3-4-12(22)17(13)30-9-10-8-26-20(23)31-10/h1,3-6,8,28H,7,9H2. The number of aromatic hydroxyl groups is 1. The second kappa shape index (κ2) is 8.73. The zero-order chi connectivity index (χ0) is 22.1. The van der Waals surface area contributed by atoms with Crippen molar-refractivity contribution in [2.75, 3.05) is 0 Å². The van der Waals surface area contributed by atoms with Gasteiger partial charge in [-0.05, 0) is 12.1 Å². The fourth-order valence-electron chi connectivity index (χ4n) is 3.01. The Morgan fingerprint density at radius 3 is 2.58 bits per heavy atom. The second-order valence-corrected chi connectivity index (χ2v) is 8.66. The quantitative estimate of drug-likeness (QED) is 0.402. The van der Waals surface area contributed by atoms with Crippen molar-refractivity contribution in [3.05, 3.63) is 60.5 Å². The molecule has 156 valence electrons. The summed E-state index contributed by atoms with van der Waals surface area (Å²) < 4.78 is 7.47. The van der Waals surface area contributed by atoms with Crippen LogP contribution in [-0.2, 0) is 13.2 Å². The van der Waals surface area contributed by atoms with Crippen LogP contribution in [0.4, 0.5) is 0 Å². The Morgan fingerprint density at radius 1 is 1.13 bits per heavy atom. The number of thiazole rings is 1. The maximum absolute atomic E-state index is 13.3. The van der Waals surface area contributed by atoms with Crippen molar-refractivity contribution in [1.29, 1.82) is 0 Å². The van der Waals surface area contributed by atoms with E-state index in [4.69, 9.17) is 46.0 Å². The SMILES string of the molecule is C#CCn1c(=O)c(-c2c(Cl)ccc(Cl)c2OCc2cnc(Cl)s2)c(O)c2nccnc21. The lowest BCUT2D eigenvalue weighted by Gasteiger charge is -2.17. The summed E-state index contributed by atoms with van der Waals surface area (Å²) in [5.74, 6) is 2.12. The van der Waals surface area contributed by atoms with Gasteiger partial charge in [-0.2, -0.15) is 0 Å². The van der Waals surface area contributed by atoms with Gasteiger partial charge in [0.25, 0.3) is 5.56 Å². The molecule has 11 heteroatoms. The van der Waals surface area contributed by atoms with Gasteiger partial charge in [0.05, 0.1) is 32.6 Å². The molecule has 0 amide bonds. The third-order valence-electron chi connectivity index (χ3n) is 4.30. The van der Waals surface area contributed by atoms with Gasteiger partial charge in [0, 0.05) is 18.6 Å². The van der Waals surface area contributed by atoms with Crippen LogP contribution in [-0.4, -0.2) is 24.6 Å². The molecule has 0 saturated heterocycles. The van der Waals surface area contributed by atoms with E-state index in [0.717, 1.165) is 4.88 Å². The first kappa shape index (κ1) is 21.4. The third-order valence-corrected chi connectivity index (χ3v) is 6.00. The number of terminal acetylenes is 1. The topological polar surface area (TPSA) is 90.1 Å². The van der Waals surface area contributed by atoms with Gasteiger partial charge in [-0.15, -0.1) is 17.8 Å². The van der Waals surface area contributed by atoms with Crippen molar-refractivity contribution in [2.45, 2.75) is 13.2 Å². The fraction of sp³-hybridized carbons (Fsp3) is 0.100. The van der Waals surface area contributed by atoms with Crippen molar-refractivity contribution in [3.63, 3.8) is 0 Å². The van der Waals surface area contributed by atoms with Gasteiger partial charge in [0.2, 0.25) is 0 Å². The first-order valence-electron chi connectivity index (χ1n) is 8.63. The molecule has 0 fully saturated rings. The molecule has 4 rings (SSSR count). The minimum Gasteiger partial charge on any atom is -0.505 e. The van der Waals surface area contributed by atoms with E-state index in [1.165, 1.54) is 40.4 Å². The van der Waals surface area contributed by atoms with E-state index < -0.39 is 11.3 Å². The van der Waals surface area contributed by atoms with Crippen LogP contribution in [0.2, 0.25) is 14.5 Å². The van der Waals surface area contributed by atoms with E-state index >= 15 is 0 Å². The Bertz CT molecular complexity index is 1410. The summed E-state index contributed by atoms with van der Waals surface area (Å²) >= 11 is 19.9. The van der Waals surface area contributed by atoms with Crippen LogP contribution in [0.15, 0.2) is 35.5 Å². The van der Waals surface area contributed by atoms with Crippen molar-refractivity contribution >= 4 is 57.3 Å². The third kappa shape index (κ3) is 3.93. The Hall–Kier alpha value is -2.83. The summed E-state index contributed by atoms with van der Waals surface area (Å²) in [7, 11) is 0. The molecular formula is C20H11Cl3N4O3S. The van der Waals surface area contributed by atoms with Crippen LogP contribution in [0.1, 0.15) is 4.88 Å². The maximum atomic E-state index is 13.3. The van der Waals surface area contributed by atoms with E-state index in [-0.39, 0.29) is 51.2 Å². The highest BCUT2D eigenvalue weighted by atomic mass is 35.5. The highest BCUT2D eigenvalue weighted by Crippen LogP contribution is 2.44. The Labute approximate surface area is 194 Å². The normalized spacial score (nSPS) is 10.9. The molecule has 0 spiro atoms. The number of ether oxygens (including phenoxy) is 1. The molecular weight excluding hydrogens is 483 g/mol. The molecule has 0 radical (unpaired) electrons. The summed E-state index contributed by atoms with van der Waals surface area (Å²) in [5.41, 5.74) is -0.410. The Kier molecular flexibility index (Phi) is 6.03. The number of nitrogens with zero attached hydrogens (tertiary/aromatic N) is 4. The Morgan fingerprint density at radius 2 is 1.87 bits per heavy atom. The molecule has 0 aliphatic carbocycles. The monoisotopic (exact) mass is 492 g/mol. The van der Waals surface area contributed by atoms with Crippen LogP contribution in [0.5, 0.6) is 11.5 Å². The number of fused-ring (bicyclic) bond motifs is 1. The molecule has 1 N–H and O–H groups in total. The van der Waals surface area contributed by atoms with Gasteiger partial charge in [-0.1, -0.05) is 40.7 Å². The average molecular weight is 494 g/mol. The van der Waals surface area contributed by atoms with Crippen molar-refractivity contribution < 1.29 is 9.84 Å². The molecule has 0 bridgehead atoms. The number of benzene rings is 1. The molecule has 0 atom stereocenters. The van der Waals surface area contributed by atoms with Crippen molar-refractivity contribution in [3.8, 4) is 35.0 Å². The zero-order valence-electron chi connectivity index (χ0n) is 15.5. The molecule has 7 nitrogen and oxygen atoms in total. The van der Waals surface area contributed by atoms with E-state index in [1.54, 1.807) is 6.20 Å². The van der Waals surface area contributed by atoms with Gasteiger partial charge in [0.15, 0.2) is 15.9 Å². The number of rotatable bonds is 5. The average Bonchev–Trinajstić information content (AvgIpc) is 3.18. The second-order valence-electron chi connectivity index (χ2n) is 6.15. The maximum Gasteiger partial charge on any atom is 0.265 e. The smallest absolute Gasteiger partial charge is 0.265 e. The van der Waals surface area contributed by atoms with Crippen molar-refractivity contribution in [1.82, 2.24) is 19.5 Å². The largest absolute Gasteiger partial charge is 0.505 e. The van der Waals surface area contributed by atoms with Gasteiger partial charge < -0.3 is 9.84 Å². The molecule has 3 heterocycles. The zero-order valence-corrected chi connectivity index (χ0v) is 18.6. The number of halogens is 3. The van der Waals surface area contributed by atoms with E-state index in [2.05, 4.69) is 20.9 Å². The highest BCUT2D eigenvalue weighted by Gasteiger charge is 2.26. The number of hydrogen-bond donors (Lipinski definition) is 1. The lowest BCUT2D eigenvalue weighted by molar-refractivity contribution is 0.311. The van der Waals surface area contributed by atoms with Crippen LogP contribution in [0, 0.1) is 12.3 Å². The van der Waals surface area contributed by atoms with Crippen LogP contribution >= 0.6 is 46.1 Å². The van der Waals surface area contributed by atoms with E-state index in [9.17, 15) is 9.90 Å². The summed E-state index contributed by atoms with van der Waals surface area (Å²) in [5, 5.41) is 11.3. The van der Waals surface area contributed by atoms with Gasteiger partial charge in [-0.25, -0.2) is 15.0 Å². The molecule has 0 aliphatic rings. The number of hydrogen-bond acceptors (Lipinski definition) is 7. The predicted molar refractivity (Wildman–Crippen MR) is 121 cm³/mol. The summed E-state index contributed by atoms with van der Waals surface area (Å²) in [6.45, 7) is -0.0147.